The molecule has 98 valence electrons. The Hall–Kier alpha value is -1.14. The number of likely N-dealkylation sites (tertiary alicyclic amines) is 1. The normalized spacial score (nSPS) is 27.6. The number of anilines is 1. The van der Waals surface area contributed by atoms with E-state index in [1.54, 1.807) is 11.3 Å². The van der Waals surface area contributed by atoms with E-state index in [2.05, 4.69) is 4.98 Å². The molecule has 1 aromatic heterocycles. The third kappa shape index (κ3) is 1.99. The Morgan fingerprint density at radius 2 is 2.28 bits per heavy atom. The van der Waals surface area contributed by atoms with E-state index in [-0.39, 0.29) is 5.91 Å². The second-order valence-corrected chi connectivity index (χ2v) is 6.29. The van der Waals surface area contributed by atoms with Gasteiger partial charge in [-0.25, -0.2) is 4.98 Å². The summed E-state index contributed by atoms with van der Waals surface area (Å²) in [5.74, 6) is 0.599. The minimum atomic E-state index is 0.261. The van der Waals surface area contributed by atoms with Crippen LogP contribution < -0.4 is 11.5 Å². The number of aryl methyl sites for hydroxylation is 1. The summed E-state index contributed by atoms with van der Waals surface area (Å²) >= 11 is 1.56. The van der Waals surface area contributed by atoms with E-state index < -0.39 is 0 Å². The maximum absolute atomic E-state index is 12.0. The van der Waals surface area contributed by atoms with Crippen molar-refractivity contribution in [3.8, 4) is 0 Å². The highest BCUT2D eigenvalue weighted by molar-refractivity contribution is 7.15. The summed E-state index contributed by atoms with van der Waals surface area (Å²) in [5, 5.41) is 0.647. The molecule has 3 rings (SSSR count). The highest BCUT2D eigenvalue weighted by Gasteiger charge is 2.35. The average molecular weight is 266 g/mol. The summed E-state index contributed by atoms with van der Waals surface area (Å²) in [5.41, 5.74) is 12.5. The van der Waals surface area contributed by atoms with Crippen LogP contribution in [0.1, 0.15) is 23.4 Å². The maximum Gasteiger partial charge on any atom is 0.223 e. The molecule has 0 aromatic carbocycles. The van der Waals surface area contributed by atoms with Crippen LogP contribution in [0, 0.1) is 5.92 Å². The highest BCUT2D eigenvalue weighted by Crippen LogP contribution is 2.32. The van der Waals surface area contributed by atoms with Crippen molar-refractivity contribution in [2.24, 2.45) is 11.7 Å². The summed E-state index contributed by atoms with van der Waals surface area (Å²) in [7, 11) is 0. The second kappa shape index (κ2) is 4.51. The van der Waals surface area contributed by atoms with Crippen LogP contribution in [0.2, 0.25) is 0 Å². The van der Waals surface area contributed by atoms with Crippen LogP contribution >= 0.6 is 11.3 Å². The van der Waals surface area contributed by atoms with Crippen molar-refractivity contribution in [2.45, 2.75) is 31.7 Å². The number of thiazole rings is 1. The first-order chi connectivity index (χ1) is 8.67. The van der Waals surface area contributed by atoms with Gasteiger partial charge in [0.05, 0.1) is 5.69 Å². The van der Waals surface area contributed by atoms with Gasteiger partial charge in [0.2, 0.25) is 5.91 Å². The molecular formula is C12H18N4OS. The Morgan fingerprint density at radius 1 is 1.44 bits per heavy atom. The van der Waals surface area contributed by atoms with E-state index >= 15 is 0 Å². The number of nitrogens with two attached hydrogens (primary N) is 2. The fourth-order valence-electron chi connectivity index (χ4n) is 2.96. The topological polar surface area (TPSA) is 85.2 Å². The summed E-state index contributed by atoms with van der Waals surface area (Å²) in [6.07, 6.45) is 3.46. The van der Waals surface area contributed by atoms with Crippen LogP contribution in [0.3, 0.4) is 0 Å². The molecule has 2 atom stereocenters. The largest absolute Gasteiger partial charge is 0.375 e. The highest BCUT2D eigenvalue weighted by atomic mass is 32.1. The van der Waals surface area contributed by atoms with Crippen LogP contribution in [0.4, 0.5) is 5.13 Å². The molecule has 2 aliphatic rings. The third-order valence-corrected chi connectivity index (χ3v) is 4.89. The quantitative estimate of drug-likeness (QED) is 0.811. The van der Waals surface area contributed by atoms with Gasteiger partial charge in [0.25, 0.3) is 0 Å². The predicted octanol–water partition coefficient (Wildman–Crippen LogP) is 0.390. The number of aromatic nitrogens is 1. The Kier molecular flexibility index (Phi) is 2.99. The summed E-state index contributed by atoms with van der Waals surface area (Å²) in [6, 6.07) is 0.321. The number of nitrogen functional groups attached to an aromatic ring is 1. The number of rotatable bonds is 2. The zero-order chi connectivity index (χ0) is 12.7. The van der Waals surface area contributed by atoms with Crippen LogP contribution in [0.15, 0.2) is 0 Å². The van der Waals surface area contributed by atoms with E-state index in [4.69, 9.17) is 11.5 Å². The molecule has 5 nitrogen and oxygen atoms in total. The van der Waals surface area contributed by atoms with E-state index in [9.17, 15) is 4.79 Å². The van der Waals surface area contributed by atoms with Crippen LogP contribution in [-0.2, 0) is 17.6 Å². The van der Waals surface area contributed by atoms with E-state index in [0.29, 0.717) is 30.1 Å². The van der Waals surface area contributed by atoms with Gasteiger partial charge in [-0.3, -0.25) is 4.79 Å². The molecule has 4 N–H and O–H groups in total. The molecule has 1 fully saturated rings. The van der Waals surface area contributed by atoms with E-state index in [0.717, 1.165) is 31.5 Å². The third-order valence-electron chi connectivity index (χ3n) is 3.94. The standard InChI is InChI=1S/C12H18N4OS/c13-5-7-3-11(17)16(6-7)8-1-2-9-10(4-8)18-12(14)15-9/h7-8H,1-6,13H2,(H2,14,15)/t7?,8-/m1/s1. The van der Waals surface area contributed by atoms with Crippen molar-refractivity contribution in [1.82, 2.24) is 9.88 Å². The van der Waals surface area contributed by atoms with Gasteiger partial charge in [-0.1, -0.05) is 0 Å². The Morgan fingerprint density at radius 3 is 3.00 bits per heavy atom. The minimum absolute atomic E-state index is 0.261. The van der Waals surface area contributed by atoms with Crippen molar-refractivity contribution >= 4 is 22.4 Å². The Labute approximate surface area is 110 Å². The molecule has 1 aliphatic heterocycles. The molecule has 1 amide bonds. The zero-order valence-electron chi connectivity index (χ0n) is 10.3. The van der Waals surface area contributed by atoms with Crippen molar-refractivity contribution < 1.29 is 4.79 Å². The smallest absolute Gasteiger partial charge is 0.223 e. The lowest BCUT2D eigenvalue weighted by Gasteiger charge is -2.30. The first-order valence-electron chi connectivity index (χ1n) is 6.41. The van der Waals surface area contributed by atoms with Crippen molar-refractivity contribution in [1.29, 1.82) is 0 Å². The van der Waals surface area contributed by atoms with Crippen molar-refractivity contribution in [3.63, 3.8) is 0 Å². The number of hydrogen-bond acceptors (Lipinski definition) is 5. The van der Waals surface area contributed by atoms with Crippen LogP contribution in [0.25, 0.3) is 0 Å². The van der Waals surface area contributed by atoms with Crippen LogP contribution in [-0.4, -0.2) is 34.9 Å². The zero-order valence-corrected chi connectivity index (χ0v) is 11.1. The number of carbonyl (C=O) groups excluding carboxylic acids is 1. The molecule has 2 heterocycles. The second-order valence-electron chi connectivity index (χ2n) is 5.17. The van der Waals surface area contributed by atoms with Crippen molar-refractivity contribution in [3.05, 3.63) is 10.6 Å². The monoisotopic (exact) mass is 266 g/mol. The number of amides is 1. The molecule has 0 saturated carbocycles. The molecule has 18 heavy (non-hydrogen) atoms. The summed E-state index contributed by atoms with van der Waals surface area (Å²) in [6.45, 7) is 1.43. The average Bonchev–Trinajstić information content (AvgIpc) is 2.89. The van der Waals surface area contributed by atoms with E-state index in [1.807, 2.05) is 4.90 Å². The summed E-state index contributed by atoms with van der Waals surface area (Å²) in [4.78, 5) is 19.6. The van der Waals surface area contributed by atoms with Crippen molar-refractivity contribution in [2.75, 3.05) is 18.8 Å². The van der Waals surface area contributed by atoms with Crippen LogP contribution in [0.5, 0.6) is 0 Å². The van der Waals surface area contributed by atoms with Gasteiger partial charge in [0.1, 0.15) is 0 Å². The lowest BCUT2D eigenvalue weighted by Crippen LogP contribution is -2.40. The van der Waals surface area contributed by atoms with E-state index in [1.165, 1.54) is 4.88 Å². The Balaban J connectivity index is 1.74. The number of nitrogens with zero attached hydrogens (tertiary/aromatic N) is 2. The van der Waals surface area contributed by atoms with Gasteiger partial charge in [0.15, 0.2) is 5.13 Å². The number of hydrogen-bond donors (Lipinski definition) is 2. The molecule has 0 spiro atoms. The summed E-state index contributed by atoms with van der Waals surface area (Å²) < 4.78 is 0. The first kappa shape index (κ1) is 11.9. The minimum Gasteiger partial charge on any atom is -0.375 e. The number of carbonyl (C=O) groups is 1. The lowest BCUT2D eigenvalue weighted by molar-refractivity contribution is -0.129. The SMILES string of the molecule is NCC1CC(=O)N([C@@H]2CCc3nc(N)sc3C2)C1. The van der Waals surface area contributed by atoms with Gasteiger partial charge in [-0.2, -0.15) is 0 Å². The molecule has 1 aromatic rings. The molecular weight excluding hydrogens is 248 g/mol. The molecule has 1 aliphatic carbocycles. The fourth-order valence-corrected chi connectivity index (χ4v) is 3.91. The van der Waals surface area contributed by atoms with Gasteiger partial charge in [-0.05, 0) is 25.3 Å². The molecule has 0 radical (unpaired) electrons. The molecule has 1 unspecified atom stereocenters. The van der Waals surface area contributed by atoms with Gasteiger partial charge >= 0.3 is 0 Å². The maximum atomic E-state index is 12.0. The fraction of sp³-hybridized carbons (Fsp3) is 0.667. The first-order valence-corrected chi connectivity index (χ1v) is 7.22. The molecule has 0 bridgehead atoms. The lowest BCUT2D eigenvalue weighted by atomic mass is 9.96. The van der Waals surface area contributed by atoms with Gasteiger partial charge in [-0.15, -0.1) is 11.3 Å². The number of fused-ring (bicyclic) bond motifs is 1. The van der Waals surface area contributed by atoms with Gasteiger partial charge < -0.3 is 16.4 Å². The Bertz CT molecular complexity index is 473. The molecule has 6 heteroatoms. The molecule has 1 saturated heterocycles. The van der Waals surface area contributed by atoms with Gasteiger partial charge in [0, 0.05) is 30.3 Å². The predicted molar refractivity (Wildman–Crippen MR) is 71.2 cm³/mol.